The quantitative estimate of drug-likeness (QED) is 0.418. The highest BCUT2D eigenvalue weighted by Crippen LogP contribution is 1.94. The van der Waals surface area contributed by atoms with Gasteiger partial charge >= 0.3 is 0 Å². The lowest BCUT2D eigenvalue weighted by molar-refractivity contribution is -0.526. The van der Waals surface area contributed by atoms with Crippen LogP contribution < -0.4 is 0 Å². The zero-order valence-electron chi connectivity index (χ0n) is 5.66. The van der Waals surface area contributed by atoms with E-state index >= 15 is 0 Å². The summed E-state index contributed by atoms with van der Waals surface area (Å²) < 4.78 is 4.61. The fraction of sp³-hybridized carbons (Fsp3) is 1.00. The third kappa shape index (κ3) is 3.03. The van der Waals surface area contributed by atoms with Gasteiger partial charge in [-0.25, -0.2) is 0 Å². The van der Waals surface area contributed by atoms with Crippen LogP contribution in [-0.2, 0) is 4.74 Å². The topological polar surface area (TPSA) is 52.4 Å². The zero-order valence-corrected chi connectivity index (χ0v) is 5.66. The standard InChI is InChI=1S/C5H11NO3/c1-3-5(4-9-2)6(7)8/h5H,3-4H2,1-2H3. The summed E-state index contributed by atoms with van der Waals surface area (Å²) in [5.74, 6) is 0. The summed E-state index contributed by atoms with van der Waals surface area (Å²) in [4.78, 5) is 9.73. The third-order valence-corrected chi connectivity index (χ3v) is 1.13. The van der Waals surface area contributed by atoms with Gasteiger partial charge in [0.15, 0.2) is 0 Å². The van der Waals surface area contributed by atoms with Gasteiger partial charge in [-0.05, 0) is 0 Å². The van der Waals surface area contributed by atoms with Crippen LogP contribution in [0.1, 0.15) is 13.3 Å². The number of hydrogen-bond donors (Lipinski definition) is 0. The lowest BCUT2D eigenvalue weighted by atomic mass is 10.3. The molecule has 1 atom stereocenters. The van der Waals surface area contributed by atoms with Gasteiger partial charge in [0.2, 0.25) is 6.04 Å². The molecular formula is C5H11NO3. The van der Waals surface area contributed by atoms with Gasteiger partial charge in [0.05, 0.1) is 0 Å². The average Bonchev–Trinajstić information content (AvgIpc) is 1.82. The molecule has 0 aliphatic heterocycles. The Hall–Kier alpha value is -0.640. The van der Waals surface area contributed by atoms with Crippen LogP contribution in [-0.4, -0.2) is 24.7 Å². The van der Waals surface area contributed by atoms with Crippen molar-refractivity contribution in [2.75, 3.05) is 13.7 Å². The second kappa shape index (κ2) is 4.26. The van der Waals surface area contributed by atoms with E-state index in [0.29, 0.717) is 6.42 Å². The van der Waals surface area contributed by atoms with Crippen molar-refractivity contribution in [1.29, 1.82) is 0 Å². The van der Waals surface area contributed by atoms with E-state index < -0.39 is 6.04 Å². The Balaban J connectivity index is 3.54. The molecule has 0 N–H and O–H groups in total. The lowest BCUT2D eigenvalue weighted by Crippen LogP contribution is -2.23. The second-order valence-electron chi connectivity index (χ2n) is 1.80. The molecule has 0 aliphatic rings. The molecule has 0 saturated carbocycles. The highest BCUT2D eigenvalue weighted by molar-refractivity contribution is 4.49. The van der Waals surface area contributed by atoms with Gasteiger partial charge in [0.25, 0.3) is 0 Å². The van der Waals surface area contributed by atoms with Crippen molar-refractivity contribution in [3.05, 3.63) is 10.1 Å². The van der Waals surface area contributed by atoms with E-state index in [0.717, 1.165) is 0 Å². The Bertz CT molecular complexity index is 94.2. The van der Waals surface area contributed by atoms with Crippen LogP contribution >= 0.6 is 0 Å². The molecule has 0 bridgehead atoms. The normalized spacial score (nSPS) is 13.1. The monoisotopic (exact) mass is 133 g/mol. The van der Waals surface area contributed by atoms with Crippen molar-refractivity contribution >= 4 is 0 Å². The molecule has 0 radical (unpaired) electrons. The van der Waals surface area contributed by atoms with Gasteiger partial charge < -0.3 is 4.74 Å². The fourth-order valence-electron chi connectivity index (χ4n) is 0.520. The number of hydrogen-bond acceptors (Lipinski definition) is 3. The fourth-order valence-corrected chi connectivity index (χ4v) is 0.520. The van der Waals surface area contributed by atoms with Crippen LogP contribution in [0.4, 0.5) is 0 Å². The lowest BCUT2D eigenvalue weighted by Gasteiger charge is -2.03. The van der Waals surface area contributed by atoms with Crippen LogP contribution in [0.25, 0.3) is 0 Å². The molecular weight excluding hydrogens is 122 g/mol. The Morgan fingerprint density at radius 3 is 2.44 bits per heavy atom. The molecule has 0 amide bonds. The second-order valence-corrected chi connectivity index (χ2v) is 1.80. The third-order valence-electron chi connectivity index (χ3n) is 1.13. The number of rotatable bonds is 4. The van der Waals surface area contributed by atoms with Gasteiger partial charge in [0.1, 0.15) is 6.61 Å². The SMILES string of the molecule is CCC(COC)[N+](=O)[O-]. The predicted molar refractivity (Wildman–Crippen MR) is 32.9 cm³/mol. The number of ether oxygens (including phenoxy) is 1. The number of nitro groups is 1. The first-order chi connectivity index (χ1) is 4.22. The molecule has 1 unspecified atom stereocenters. The van der Waals surface area contributed by atoms with E-state index in [1.165, 1.54) is 7.11 Å². The minimum absolute atomic E-state index is 0.212. The predicted octanol–water partition coefficient (Wildman–Crippen LogP) is 0.688. The molecule has 0 aliphatic carbocycles. The first-order valence-corrected chi connectivity index (χ1v) is 2.84. The van der Waals surface area contributed by atoms with Crippen molar-refractivity contribution in [2.24, 2.45) is 0 Å². The van der Waals surface area contributed by atoms with Crippen LogP contribution in [0.15, 0.2) is 0 Å². The van der Waals surface area contributed by atoms with Crippen LogP contribution in [0.5, 0.6) is 0 Å². The van der Waals surface area contributed by atoms with Gasteiger partial charge in [-0.3, -0.25) is 10.1 Å². The molecule has 0 aromatic carbocycles. The van der Waals surface area contributed by atoms with E-state index in [-0.39, 0.29) is 11.5 Å². The van der Waals surface area contributed by atoms with Crippen molar-refractivity contribution in [3.8, 4) is 0 Å². The molecule has 0 rings (SSSR count). The van der Waals surface area contributed by atoms with Gasteiger partial charge in [-0.15, -0.1) is 0 Å². The van der Waals surface area contributed by atoms with Crippen molar-refractivity contribution < 1.29 is 9.66 Å². The Morgan fingerprint density at radius 1 is 1.78 bits per heavy atom. The first kappa shape index (κ1) is 8.36. The minimum Gasteiger partial charge on any atom is -0.378 e. The molecule has 4 nitrogen and oxygen atoms in total. The molecule has 0 fully saturated rings. The van der Waals surface area contributed by atoms with Crippen molar-refractivity contribution in [1.82, 2.24) is 0 Å². The molecule has 0 saturated heterocycles. The van der Waals surface area contributed by atoms with Gasteiger partial charge in [-0.2, -0.15) is 0 Å². The largest absolute Gasteiger partial charge is 0.378 e. The Labute approximate surface area is 54.0 Å². The van der Waals surface area contributed by atoms with E-state index in [1.807, 2.05) is 0 Å². The summed E-state index contributed by atoms with van der Waals surface area (Å²) in [6.07, 6.45) is 0.529. The zero-order chi connectivity index (χ0) is 7.28. The number of methoxy groups -OCH3 is 1. The summed E-state index contributed by atoms with van der Waals surface area (Å²) in [6.45, 7) is 1.98. The highest BCUT2D eigenvalue weighted by Gasteiger charge is 2.15. The summed E-state index contributed by atoms with van der Waals surface area (Å²) in [5, 5.41) is 10.0. The molecule has 0 spiro atoms. The summed E-state index contributed by atoms with van der Waals surface area (Å²) in [5.41, 5.74) is 0. The maximum Gasteiger partial charge on any atom is 0.235 e. The summed E-state index contributed by atoms with van der Waals surface area (Å²) in [6, 6.07) is -0.532. The van der Waals surface area contributed by atoms with Crippen molar-refractivity contribution in [3.63, 3.8) is 0 Å². The van der Waals surface area contributed by atoms with E-state index in [1.54, 1.807) is 6.92 Å². The molecule has 9 heavy (non-hydrogen) atoms. The smallest absolute Gasteiger partial charge is 0.235 e. The molecule has 4 heteroatoms. The Morgan fingerprint density at radius 2 is 2.33 bits per heavy atom. The number of nitrogens with zero attached hydrogens (tertiary/aromatic N) is 1. The molecule has 0 aromatic heterocycles. The van der Waals surface area contributed by atoms with Gasteiger partial charge in [0, 0.05) is 18.5 Å². The maximum absolute atomic E-state index is 10.0. The summed E-state index contributed by atoms with van der Waals surface area (Å²) in [7, 11) is 1.46. The maximum atomic E-state index is 10.0. The Kier molecular flexibility index (Phi) is 3.96. The van der Waals surface area contributed by atoms with Crippen molar-refractivity contribution in [2.45, 2.75) is 19.4 Å². The molecule has 0 aromatic rings. The molecule has 54 valence electrons. The van der Waals surface area contributed by atoms with Crippen LogP contribution in [0.3, 0.4) is 0 Å². The summed E-state index contributed by atoms with van der Waals surface area (Å²) >= 11 is 0. The molecule has 0 heterocycles. The van der Waals surface area contributed by atoms with E-state index in [4.69, 9.17) is 0 Å². The minimum atomic E-state index is -0.532. The van der Waals surface area contributed by atoms with Crippen LogP contribution in [0, 0.1) is 10.1 Å². The highest BCUT2D eigenvalue weighted by atomic mass is 16.6. The van der Waals surface area contributed by atoms with E-state index in [2.05, 4.69) is 4.74 Å². The first-order valence-electron chi connectivity index (χ1n) is 2.84. The average molecular weight is 133 g/mol. The van der Waals surface area contributed by atoms with Crippen LogP contribution in [0.2, 0.25) is 0 Å². The van der Waals surface area contributed by atoms with E-state index in [9.17, 15) is 10.1 Å². The van der Waals surface area contributed by atoms with Gasteiger partial charge in [-0.1, -0.05) is 6.92 Å².